The highest BCUT2D eigenvalue weighted by molar-refractivity contribution is 5.98. The first kappa shape index (κ1) is 13.1. The van der Waals surface area contributed by atoms with Crippen LogP contribution in [0.25, 0.3) is 0 Å². The van der Waals surface area contributed by atoms with Crippen LogP contribution in [0.1, 0.15) is 39.5 Å². The van der Waals surface area contributed by atoms with Gasteiger partial charge in [-0.1, -0.05) is 19.1 Å². The summed E-state index contributed by atoms with van der Waals surface area (Å²) in [6.45, 7) is 7.75. The van der Waals surface area contributed by atoms with Gasteiger partial charge in [-0.15, -0.1) is 0 Å². The van der Waals surface area contributed by atoms with E-state index in [1.54, 1.807) is 0 Å². The van der Waals surface area contributed by atoms with Gasteiger partial charge in [0.25, 0.3) is 0 Å². The summed E-state index contributed by atoms with van der Waals surface area (Å²) < 4.78 is 0. The van der Waals surface area contributed by atoms with E-state index in [1.807, 2.05) is 6.92 Å². The number of aliphatic carboxylic acids is 1. The minimum Gasteiger partial charge on any atom is -0.478 e. The molecule has 3 atom stereocenters. The lowest BCUT2D eigenvalue weighted by Crippen LogP contribution is -2.12. The molecule has 2 aliphatic carbocycles. The van der Waals surface area contributed by atoms with E-state index in [-0.39, 0.29) is 11.7 Å². The third kappa shape index (κ3) is 2.14. The Balaban J connectivity index is 2.29. The van der Waals surface area contributed by atoms with Crippen molar-refractivity contribution in [2.75, 3.05) is 0 Å². The number of carboxylic acid groups (broad SMARTS) is 1. The van der Waals surface area contributed by atoms with Crippen molar-refractivity contribution in [3.63, 3.8) is 0 Å². The second kappa shape index (κ2) is 4.71. The van der Waals surface area contributed by atoms with Crippen molar-refractivity contribution in [2.24, 2.45) is 17.8 Å². The third-order valence-corrected chi connectivity index (χ3v) is 4.64. The van der Waals surface area contributed by atoms with Gasteiger partial charge in [0.2, 0.25) is 0 Å². The number of carbonyl (C=O) groups excluding carboxylic acids is 1. The van der Waals surface area contributed by atoms with Crippen LogP contribution in [-0.2, 0) is 9.59 Å². The van der Waals surface area contributed by atoms with Crippen molar-refractivity contribution in [1.29, 1.82) is 0 Å². The Morgan fingerprint density at radius 1 is 1.33 bits per heavy atom. The quantitative estimate of drug-likeness (QED) is 0.764. The van der Waals surface area contributed by atoms with Crippen LogP contribution in [0.15, 0.2) is 23.3 Å². The summed E-state index contributed by atoms with van der Waals surface area (Å²) in [6.07, 6.45) is 3.17. The lowest BCUT2D eigenvalue weighted by atomic mass is 9.86. The number of fused-ring (bicyclic) bond motifs is 1. The average molecular weight is 248 g/mol. The first-order valence-corrected chi connectivity index (χ1v) is 6.56. The normalized spacial score (nSPS) is 32.1. The van der Waals surface area contributed by atoms with Gasteiger partial charge in [0, 0.05) is 12.0 Å². The summed E-state index contributed by atoms with van der Waals surface area (Å²) in [5.41, 5.74) is 2.36. The van der Waals surface area contributed by atoms with Gasteiger partial charge in [0.1, 0.15) is 0 Å². The second-order valence-corrected chi connectivity index (χ2v) is 5.67. The van der Waals surface area contributed by atoms with Crippen LogP contribution in [0.2, 0.25) is 0 Å². The Kier molecular flexibility index (Phi) is 3.42. The predicted octanol–water partition coefficient (Wildman–Crippen LogP) is 2.97. The molecular formula is C15H20O3. The van der Waals surface area contributed by atoms with Crippen LogP contribution in [0, 0.1) is 17.8 Å². The van der Waals surface area contributed by atoms with Crippen LogP contribution in [0.5, 0.6) is 0 Å². The maximum atomic E-state index is 11.8. The Bertz CT molecular complexity index is 445. The fourth-order valence-electron chi connectivity index (χ4n) is 3.29. The number of carboxylic acids is 1. The van der Waals surface area contributed by atoms with Gasteiger partial charge in [-0.25, -0.2) is 4.79 Å². The molecule has 0 amide bonds. The van der Waals surface area contributed by atoms with Gasteiger partial charge >= 0.3 is 5.97 Å². The van der Waals surface area contributed by atoms with Gasteiger partial charge in [0.15, 0.2) is 5.78 Å². The molecule has 0 heterocycles. The predicted molar refractivity (Wildman–Crippen MR) is 69.1 cm³/mol. The highest BCUT2D eigenvalue weighted by Gasteiger charge is 2.37. The molecule has 0 spiro atoms. The molecule has 2 rings (SSSR count). The summed E-state index contributed by atoms with van der Waals surface area (Å²) in [7, 11) is 0. The van der Waals surface area contributed by atoms with E-state index >= 15 is 0 Å². The highest BCUT2D eigenvalue weighted by atomic mass is 16.4. The van der Waals surface area contributed by atoms with Gasteiger partial charge in [-0.3, -0.25) is 4.79 Å². The molecule has 0 aliphatic heterocycles. The Hall–Kier alpha value is -1.38. The molecule has 0 aromatic carbocycles. The summed E-state index contributed by atoms with van der Waals surface area (Å²) in [4.78, 5) is 22.9. The lowest BCUT2D eigenvalue weighted by molar-refractivity contribution is -0.133. The zero-order valence-corrected chi connectivity index (χ0v) is 11.0. The summed E-state index contributed by atoms with van der Waals surface area (Å²) in [5.74, 6) is 0.125. The van der Waals surface area contributed by atoms with Gasteiger partial charge in [0.05, 0.1) is 0 Å². The third-order valence-electron chi connectivity index (χ3n) is 4.64. The minimum absolute atomic E-state index is 0.00852. The molecule has 0 bridgehead atoms. The van der Waals surface area contributed by atoms with E-state index in [2.05, 4.69) is 13.5 Å². The Morgan fingerprint density at radius 2 is 2.00 bits per heavy atom. The number of ketones is 1. The summed E-state index contributed by atoms with van der Waals surface area (Å²) in [5, 5.41) is 9.07. The van der Waals surface area contributed by atoms with Crippen LogP contribution >= 0.6 is 0 Å². The van der Waals surface area contributed by atoms with Crippen molar-refractivity contribution < 1.29 is 14.7 Å². The Morgan fingerprint density at radius 3 is 2.61 bits per heavy atom. The zero-order chi connectivity index (χ0) is 13.4. The molecule has 1 N–H and O–H groups in total. The second-order valence-electron chi connectivity index (χ2n) is 5.67. The van der Waals surface area contributed by atoms with E-state index in [4.69, 9.17) is 5.11 Å². The van der Waals surface area contributed by atoms with Crippen LogP contribution in [0.3, 0.4) is 0 Å². The number of carbonyl (C=O) groups is 2. The number of hydrogen-bond acceptors (Lipinski definition) is 2. The number of Topliss-reactive ketones (excluding diaryl/α,β-unsaturated/α-hetero) is 1. The minimum atomic E-state index is -0.909. The van der Waals surface area contributed by atoms with E-state index in [0.29, 0.717) is 30.3 Å². The fourth-order valence-corrected chi connectivity index (χ4v) is 3.29. The Labute approximate surface area is 108 Å². The topological polar surface area (TPSA) is 54.4 Å². The average Bonchev–Trinajstić information content (AvgIpc) is 2.50. The molecule has 98 valence electrons. The molecule has 18 heavy (non-hydrogen) atoms. The van der Waals surface area contributed by atoms with Gasteiger partial charge in [-0.2, -0.15) is 0 Å². The maximum absolute atomic E-state index is 11.8. The molecule has 0 aromatic heterocycles. The molecule has 0 saturated heterocycles. The van der Waals surface area contributed by atoms with Crippen LogP contribution in [-0.4, -0.2) is 16.9 Å². The summed E-state index contributed by atoms with van der Waals surface area (Å²) in [6, 6.07) is 0. The molecule has 3 nitrogen and oxygen atoms in total. The van der Waals surface area contributed by atoms with Crippen molar-refractivity contribution >= 4 is 11.8 Å². The van der Waals surface area contributed by atoms with Crippen LogP contribution < -0.4 is 0 Å². The molecular weight excluding hydrogens is 228 g/mol. The number of allylic oxidation sites excluding steroid dienone is 2. The number of hydrogen-bond donors (Lipinski definition) is 1. The van der Waals surface area contributed by atoms with Crippen LogP contribution in [0.4, 0.5) is 0 Å². The molecule has 0 aromatic rings. The monoisotopic (exact) mass is 248 g/mol. The standard InChI is InChI=1S/C15H20O3/c1-8-4-5-11(9(2)15(17)18)6-13-10(3)14(16)7-12(8)13/h8,11-12H,2,4-7H2,1,3H3,(H,17,18)/t8-,11-,12-/m1/s1. The molecule has 1 saturated carbocycles. The van der Waals surface area contributed by atoms with Crippen molar-refractivity contribution in [3.8, 4) is 0 Å². The zero-order valence-electron chi connectivity index (χ0n) is 11.0. The molecule has 3 heteroatoms. The first-order chi connectivity index (χ1) is 8.41. The highest BCUT2D eigenvalue weighted by Crippen LogP contribution is 2.45. The van der Waals surface area contributed by atoms with Gasteiger partial charge in [-0.05, 0) is 49.5 Å². The van der Waals surface area contributed by atoms with E-state index in [0.717, 1.165) is 18.4 Å². The molecule has 0 radical (unpaired) electrons. The largest absolute Gasteiger partial charge is 0.478 e. The van der Waals surface area contributed by atoms with Gasteiger partial charge < -0.3 is 5.11 Å². The number of rotatable bonds is 2. The maximum Gasteiger partial charge on any atom is 0.331 e. The lowest BCUT2D eigenvalue weighted by Gasteiger charge is -2.18. The van der Waals surface area contributed by atoms with Crippen molar-refractivity contribution in [2.45, 2.75) is 39.5 Å². The van der Waals surface area contributed by atoms with E-state index in [1.165, 1.54) is 5.57 Å². The first-order valence-electron chi connectivity index (χ1n) is 6.56. The van der Waals surface area contributed by atoms with Crippen molar-refractivity contribution in [1.82, 2.24) is 0 Å². The molecule has 1 fully saturated rings. The van der Waals surface area contributed by atoms with Crippen molar-refractivity contribution in [3.05, 3.63) is 23.3 Å². The fraction of sp³-hybridized carbons (Fsp3) is 0.600. The molecule has 2 aliphatic rings. The van der Waals surface area contributed by atoms with E-state index < -0.39 is 5.97 Å². The van der Waals surface area contributed by atoms with E-state index in [9.17, 15) is 9.59 Å². The molecule has 0 unspecified atom stereocenters. The summed E-state index contributed by atoms with van der Waals surface area (Å²) >= 11 is 0. The smallest absolute Gasteiger partial charge is 0.331 e. The SMILES string of the molecule is C=C(C(=O)O)[C@@H]1CC[C@@H](C)[C@H]2CC(=O)C(C)=C2C1.